The minimum Gasteiger partial charge on any atom is -0.381 e. The summed E-state index contributed by atoms with van der Waals surface area (Å²) >= 11 is 0. The number of rotatable bonds is 7. The Bertz CT molecular complexity index is 947. The first kappa shape index (κ1) is 19.9. The van der Waals surface area contributed by atoms with Crippen LogP contribution in [0.1, 0.15) is 37.3 Å². The smallest absolute Gasteiger partial charge is 0.324 e. The quantitative estimate of drug-likeness (QED) is 0.549. The number of H-pyrrole nitrogens is 1. The maximum atomic E-state index is 12.2. The molecular formula is C19H25N5O4S. The standard InChI is InChI=1S/C19H25N5O4S/c25-19(22-18-10-17(23-24-18)14-2-1-9-28-12-14)21-15-5-7-16(8-6-15)29(26,27)20-11-13-3-4-13/h5-8,10,13-14,20H,1-4,9,11-12H2,(H3,21,22,23,24,25). The highest BCUT2D eigenvalue weighted by atomic mass is 32.2. The van der Waals surface area contributed by atoms with Gasteiger partial charge in [0.1, 0.15) is 0 Å². The molecule has 156 valence electrons. The van der Waals surface area contributed by atoms with Crippen molar-refractivity contribution in [2.75, 3.05) is 30.4 Å². The third-order valence-electron chi connectivity index (χ3n) is 5.12. The van der Waals surface area contributed by atoms with Crippen molar-refractivity contribution in [3.63, 3.8) is 0 Å². The van der Waals surface area contributed by atoms with Crippen molar-refractivity contribution in [3.05, 3.63) is 36.0 Å². The monoisotopic (exact) mass is 419 g/mol. The molecule has 0 radical (unpaired) electrons. The molecule has 10 heteroatoms. The number of aromatic amines is 1. The fourth-order valence-corrected chi connectivity index (χ4v) is 4.34. The number of carbonyl (C=O) groups is 1. The lowest BCUT2D eigenvalue weighted by Crippen LogP contribution is -2.25. The molecule has 4 rings (SSSR count). The fourth-order valence-electron chi connectivity index (χ4n) is 3.22. The van der Waals surface area contributed by atoms with Gasteiger partial charge in [0.2, 0.25) is 10.0 Å². The summed E-state index contributed by atoms with van der Waals surface area (Å²) in [6, 6.07) is 7.41. The molecule has 1 atom stereocenters. The summed E-state index contributed by atoms with van der Waals surface area (Å²) in [5, 5.41) is 12.4. The van der Waals surface area contributed by atoms with Gasteiger partial charge in [-0.25, -0.2) is 17.9 Å². The number of carbonyl (C=O) groups excluding carboxylic acids is 1. The minimum absolute atomic E-state index is 0.177. The van der Waals surface area contributed by atoms with E-state index in [0.717, 1.165) is 38.0 Å². The molecule has 2 aromatic rings. The lowest BCUT2D eigenvalue weighted by Gasteiger charge is -2.20. The molecule has 1 unspecified atom stereocenters. The van der Waals surface area contributed by atoms with E-state index in [1.165, 1.54) is 12.1 Å². The number of aromatic nitrogens is 2. The van der Waals surface area contributed by atoms with Crippen LogP contribution in [0.2, 0.25) is 0 Å². The van der Waals surface area contributed by atoms with Crippen molar-refractivity contribution in [1.82, 2.24) is 14.9 Å². The Labute approximate surface area is 169 Å². The largest absolute Gasteiger partial charge is 0.381 e. The van der Waals surface area contributed by atoms with Crippen molar-refractivity contribution in [1.29, 1.82) is 0 Å². The second-order valence-corrected chi connectivity index (χ2v) is 9.29. The zero-order valence-corrected chi connectivity index (χ0v) is 16.8. The van der Waals surface area contributed by atoms with Gasteiger partial charge >= 0.3 is 6.03 Å². The Morgan fingerprint density at radius 3 is 2.66 bits per heavy atom. The molecule has 1 saturated heterocycles. The van der Waals surface area contributed by atoms with E-state index in [0.29, 0.717) is 30.6 Å². The van der Waals surface area contributed by atoms with E-state index >= 15 is 0 Å². The van der Waals surface area contributed by atoms with Crippen LogP contribution < -0.4 is 15.4 Å². The van der Waals surface area contributed by atoms with Gasteiger partial charge in [-0.3, -0.25) is 10.4 Å². The van der Waals surface area contributed by atoms with Crippen LogP contribution >= 0.6 is 0 Å². The first-order valence-electron chi connectivity index (χ1n) is 9.80. The third-order valence-corrected chi connectivity index (χ3v) is 6.56. The summed E-state index contributed by atoms with van der Waals surface area (Å²) < 4.78 is 32.6. The maximum Gasteiger partial charge on any atom is 0.324 e. The molecule has 1 aromatic carbocycles. The summed E-state index contributed by atoms with van der Waals surface area (Å²) in [5.41, 5.74) is 1.42. The number of nitrogens with zero attached hydrogens (tertiary/aromatic N) is 1. The summed E-state index contributed by atoms with van der Waals surface area (Å²) in [6.07, 6.45) is 4.19. The average molecular weight is 420 g/mol. The van der Waals surface area contributed by atoms with Crippen molar-refractivity contribution < 1.29 is 17.9 Å². The fraction of sp³-hybridized carbons (Fsp3) is 0.474. The van der Waals surface area contributed by atoms with Crippen LogP contribution in [0.5, 0.6) is 0 Å². The van der Waals surface area contributed by atoms with E-state index in [1.807, 2.05) is 0 Å². The number of ether oxygens (including phenoxy) is 1. The number of hydrogen-bond donors (Lipinski definition) is 4. The number of nitrogens with one attached hydrogen (secondary N) is 4. The van der Waals surface area contributed by atoms with Gasteiger partial charge in [0.05, 0.1) is 11.5 Å². The average Bonchev–Trinajstić information content (AvgIpc) is 3.45. The van der Waals surface area contributed by atoms with E-state index in [-0.39, 0.29) is 10.8 Å². The zero-order valence-electron chi connectivity index (χ0n) is 16.0. The van der Waals surface area contributed by atoms with Gasteiger partial charge in [0.25, 0.3) is 0 Å². The predicted molar refractivity (Wildman–Crippen MR) is 108 cm³/mol. The Hall–Kier alpha value is -2.43. The molecule has 2 fully saturated rings. The Kier molecular flexibility index (Phi) is 5.84. The Morgan fingerprint density at radius 2 is 1.97 bits per heavy atom. The molecule has 1 aliphatic carbocycles. The van der Waals surface area contributed by atoms with Gasteiger partial charge in [-0.1, -0.05) is 0 Å². The molecule has 1 aliphatic heterocycles. The second-order valence-electron chi connectivity index (χ2n) is 7.52. The molecule has 2 heterocycles. The number of amides is 2. The van der Waals surface area contributed by atoms with Gasteiger partial charge in [-0.15, -0.1) is 0 Å². The van der Waals surface area contributed by atoms with Crippen LogP contribution in [0, 0.1) is 5.92 Å². The van der Waals surface area contributed by atoms with Crippen molar-refractivity contribution in [2.45, 2.75) is 36.5 Å². The van der Waals surface area contributed by atoms with Crippen LogP contribution in [0.4, 0.5) is 16.3 Å². The van der Waals surface area contributed by atoms with Crippen LogP contribution in [0.25, 0.3) is 0 Å². The Balaban J connectivity index is 1.30. The summed E-state index contributed by atoms with van der Waals surface area (Å²) in [6.45, 7) is 1.91. The molecule has 1 saturated carbocycles. The minimum atomic E-state index is -3.52. The molecular weight excluding hydrogens is 394 g/mol. The van der Waals surface area contributed by atoms with E-state index in [2.05, 4.69) is 25.6 Å². The number of anilines is 2. The molecule has 29 heavy (non-hydrogen) atoms. The zero-order chi connectivity index (χ0) is 20.3. The van der Waals surface area contributed by atoms with E-state index in [1.54, 1.807) is 18.2 Å². The number of urea groups is 1. The number of benzene rings is 1. The van der Waals surface area contributed by atoms with Crippen molar-refractivity contribution >= 4 is 27.6 Å². The van der Waals surface area contributed by atoms with Gasteiger partial charge in [0.15, 0.2) is 5.82 Å². The summed E-state index contributed by atoms with van der Waals surface area (Å²) in [4.78, 5) is 12.4. The molecule has 9 nitrogen and oxygen atoms in total. The van der Waals surface area contributed by atoms with E-state index in [9.17, 15) is 13.2 Å². The predicted octanol–water partition coefficient (Wildman–Crippen LogP) is 2.64. The van der Waals surface area contributed by atoms with Crippen LogP contribution in [0.15, 0.2) is 35.2 Å². The third kappa shape index (κ3) is 5.34. The molecule has 2 aliphatic rings. The second kappa shape index (κ2) is 8.52. The van der Waals surface area contributed by atoms with E-state index in [4.69, 9.17) is 4.74 Å². The van der Waals surface area contributed by atoms with Crippen molar-refractivity contribution in [3.8, 4) is 0 Å². The van der Waals surface area contributed by atoms with Gasteiger partial charge < -0.3 is 10.1 Å². The van der Waals surface area contributed by atoms with Crippen LogP contribution in [0.3, 0.4) is 0 Å². The molecule has 0 bridgehead atoms. The van der Waals surface area contributed by atoms with Gasteiger partial charge in [-0.05, 0) is 55.9 Å². The van der Waals surface area contributed by atoms with Gasteiger partial charge in [0, 0.05) is 36.5 Å². The maximum absolute atomic E-state index is 12.2. The van der Waals surface area contributed by atoms with E-state index < -0.39 is 16.1 Å². The highest BCUT2D eigenvalue weighted by molar-refractivity contribution is 7.89. The molecule has 2 amide bonds. The SMILES string of the molecule is O=C(Nc1ccc(S(=O)(=O)NCC2CC2)cc1)Nc1cc(C2CCCOC2)[nH]n1. The highest BCUT2D eigenvalue weighted by Crippen LogP contribution is 2.28. The number of sulfonamides is 1. The van der Waals surface area contributed by atoms with Crippen LogP contribution in [-0.4, -0.2) is 44.4 Å². The topological polar surface area (TPSA) is 125 Å². The first-order valence-corrected chi connectivity index (χ1v) is 11.3. The van der Waals surface area contributed by atoms with Crippen LogP contribution in [-0.2, 0) is 14.8 Å². The number of hydrogen-bond acceptors (Lipinski definition) is 5. The molecule has 1 aromatic heterocycles. The first-order chi connectivity index (χ1) is 14.0. The lowest BCUT2D eigenvalue weighted by molar-refractivity contribution is 0.0793. The van der Waals surface area contributed by atoms with Crippen molar-refractivity contribution in [2.24, 2.45) is 5.92 Å². The van der Waals surface area contributed by atoms with Gasteiger partial charge in [-0.2, -0.15) is 5.10 Å². The Morgan fingerprint density at radius 1 is 1.17 bits per heavy atom. The highest BCUT2D eigenvalue weighted by Gasteiger charge is 2.24. The lowest BCUT2D eigenvalue weighted by atomic mass is 9.99. The molecule has 0 spiro atoms. The summed E-state index contributed by atoms with van der Waals surface area (Å²) in [5.74, 6) is 1.15. The summed E-state index contributed by atoms with van der Waals surface area (Å²) in [7, 11) is -3.52. The molecule has 4 N–H and O–H groups in total. The normalized spacial score (nSPS) is 19.7.